The number of piperidine rings is 1. The second-order valence-corrected chi connectivity index (χ2v) is 7.30. The highest BCUT2D eigenvalue weighted by Crippen LogP contribution is 2.24. The Balaban J connectivity index is 1.30. The Bertz CT molecular complexity index is 715. The van der Waals surface area contributed by atoms with Gasteiger partial charge in [-0.15, -0.1) is 0 Å². The van der Waals surface area contributed by atoms with E-state index in [2.05, 4.69) is 16.7 Å². The van der Waals surface area contributed by atoms with E-state index in [1.54, 1.807) is 18.3 Å². The number of benzene rings is 1. The fourth-order valence-electron chi connectivity index (χ4n) is 4.48. The Hall–Kier alpha value is -2.47. The summed E-state index contributed by atoms with van der Waals surface area (Å²) in [5.41, 5.74) is 0.771. The number of methoxy groups -OCH3 is 1. The molecule has 3 heterocycles. The maximum atomic E-state index is 12.3. The van der Waals surface area contributed by atoms with E-state index >= 15 is 0 Å². The topological polar surface area (TPSA) is 67.9 Å². The van der Waals surface area contributed by atoms with Crippen molar-refractivity contribution in [3.63, 3.8) is 0 Å². The van der Waals surface area contributed by atoms with Gasteiger partial charge < -0.3 is 24.7 Å². The number of nitrogens with one attached hydrogen (secondary N) is 3. The van der Waals surface area contributed by atoms with Crippen molar-refractivity contribution in [1.29, 1.82) is 0 Å². The van der Waals surface area contributed by atoms with E-state index in [0.29, 0.717) is 12.1 Å². The first-order valence-corrected chi connectivity index (χ1v) is 9.31. The predicted molar refractivity (Wildman–Crippen MR) is 98.4 cm³/mol. The minimum Gasteiger partial charge on any atom is -0.497 e. The van der Waals surface area contributed by atoms with E-state index in [-0.39, 0.29) is 12.1 Å². The molecule has 0 radical (unpaired) electrons. The monoisotopic (exact) mass is 356 g/mol. The maximum absolute atomic E-state index is 12.3. The third kappa shape index (κ3) is 3.70. The van der Waals surface area contributed by atoms with E-state index in [0.717, 1.165) is 36.6 Å². The number of carbonyl (C=O) groups is 1. The Labute approximate surface area is 153 Å². The first-order valence-electron chi connectivity index (χ1n) is 9.31. The van der Waals surface area contributed by atoms with Gasteiger partial charge in [0, 0.05) is 37.4 Å². The van der Waals surface area contributed by atoms with Crippen LogP contribution in [-0.2, 0) is 6.54 Å². The van der Waals surface area contributed by atoms with E-state index in [1.165, 1.54) is 12.8 Å². The van der Waals surface area contributed by atoms with Gasteiger partial charge >= 0.3 is 6.03 Å². The SMILES string of the molecule is COc1ccc(NC(=O)NC2C[C@H]3CC[C@@H](C2)[NH+]3Cc2ccco2)cc1. The summed E-state index contributed by atoms with van der Waals surface area (Å²) < 4.78 is 10.7. The summed E-state index contributed by atoms with van der Waals surface area (Å²) in [6.45, 7) is 0.951. The first-order chi connectivity index (χ1) is 12.7. The number of fused-ring (bicyclic) bond motifs is 2. The van der Waals surface area contributed by atoms with Gasteiger partial charge in [-0.25, -0.2) is 4.79 Å². The number of urea groups is 1. The lowest BCUT2D eigenvalue weighted by molar-refractivity contribution is -0.955. The number of anilines is 1. The molecule has 2 aromatic rings. The molecular weight excluding hydrogens is 330 g/mol. The molecule has 26 heavy (non-hydrogen) atoms. The average Bonchev–Trinajstić information content (AvgIpc) is 3.22. The van der Waals surface area contributed by atoms with E-state index < -0.39 is 0 Å². The molecule has 4 rings (SSSR count). The third-order valence-corrected chi connectivity index (χ3v) is 5.69. The molecule has 3 N–H and O–H groups in total. The minimum absolute atomic E-state index is 0.131. The van der Waals surface area contributed by atoms with Crippen molar-refractivity contribution >= 4 is 11.7 Å². The van der Waals surface area contributed by atoms with E-state index in [1.807, 2.05) is 30.3 Å². The van der Waals surface area contributed by atoms with Crippen LogP contribution in [0.2, 0.25) is 0 Å². The van der Waals surface area contributed by atoms with Crippen molar-refractivity contribution in [2.45, 2.75) is 50.4 Å². The number of hydrogen-bond acceptors (Lipinski definition) is 3. The van der Waals surface area contributed by atoms with Crippen LogP contribution in [0.1, 0.15) is 31.4 Å². The predicted octanol–water partition coefficient (Wildman–Crippen LogP) is 2.19. The molecule has 2 aliphatic rings. The number of hydrogen-bond donors (Lipinski definition) is 3. The molecule has 2 saturated heterocycles. The molecule has 2 amide bonds. The molecule has 1 aromatic carbocycles. The molecule has 4 atom stereocenters. The minimum atomic E-state index is -0.131. The van der Waals surface area contributed by atoms with Crippen molar-refractivity contribution in [2.24, 2.45) is 0 Å². The number of furan rings is 1. The van der Waals surface area contributed by atoms with Gasteiger partial charge in [0.15, 0.2) is 5.76 Å². The summed E-state index contributed by atoms with van der Waals surface area (Å²) in [7, 11) is 1.63. The molecule has 0 saturated carbocycles. The Morgan fingerprint density at radius 1 is 1.19 bits per heavy atom. The normalized spacial score (nSPS) is 27.1. The molecule has 0 spiro atoms. The number of rotatable bonds is 5. The van der Waals surface area contributed by atoms with Crippen LogP contribution in [0.3, 0.4) is 0 Å². The maximum Gasteiger partial charge on any atom is 0.319 e. The summed E-state index contributed by atoms with van der Waals surface area (Å²) in [6.07, 6.45) is 6.28. The molecule has 2 bridgehead atoms. The van der Waals surface area contributed by atoms with Gasteiger partial charge in [0.25, 0.3) is 0 Å². The van der Waals surface area contributed by atoms with E-state index in [4.69, 9.17) is 9.15 Å². The van der Waals surface area contributed by atoms with Gasteiger partial charge in [0.1, 0.15) is 12.3 Å². The Morgan fingerprint density at radius 2 is 1.92 bits per heavy atom. The standard InChI is InChI=1S/C20H25N3O3/c1-25-18-8-4-14(5-9-18)21-20(24)22-15-11-16-6-7-17(12-15)23(16)13-19-3-2-10-26-19/h2-5,8-10,15-17H,6-7,11-13H2,1H3,(H2,21,22,24)/p+1/t15?,16-,17+. The zero-order valence-electron chi connectivity index (χ0n) is 15.0. The third-order valence-electron chi connectivity index (χ3n) is 5.69. The lowest BCUT2D eigenvalue weighted by atomic mass is 9.97. The number of quaternary nitrogens is 1. The van der Waals surface area contributed by atoms with Gasteiger partial charge in [0.2, 0.25) is 0 Å². The summed E-state index contributed by atoms with van der Waals surface area (Å²) in [5.74, 6) is 1.83. The molecule has 6 nitrogen and oxygen atoms in total. The average molecular weight is 356 g/mol. The fraction of sp³-hybridized carbons (Fsp3) is 0.450. The molecule has 0 aliphatic carbocycles. The quantitative estimate of drug-likeness (QED) is 0.769. The Morgan fingerprint density at radius 3 is 2.54 bits per heavy atom. The van der Waals surface area contributed by atoms with Crippen molar-refractivity contribution in [3.8, 4) is 5.75 Å². The van der Waals surface area contributed by atoms with Crippen LogP contribution >= 0.6 is 0 Å². The highest BCUT2D eigenvalue weighted by molar-refractivity contribution is 5.89. The van der Waals surface area contributed by atoms with Crippen molar-refractivity contribution in [2.75, 3.05) is 12.4 Å². The van der Waals surface area contributed by atoms with Crippen LogP contribution in [0.5, 0.6) is 5.75 Å². The van der Waals surface area contributed by atoms with Crippen LogP contribution in [0.15, 0.2) is 47.1 Å². The zero-order chi connectivity index (χ0) is 17.9. The smallest absolute Gasteiger partial charge is 0.319 e. The summed E-state index contributed by atoms with van der Waals surface area (Å²) in [5, 5.41) is 6.07. The molecule has 6 heteroatoms. The zero-order valence-corrected chi connectivity index (χ0v) is 15.0. The second-order valence-electron chi connectivity index (χ2n) is 7.30. The summed E-state index contributed by atoms with van der Waals surface area (Å²) >= 11 is 0. The van der Waals surface area contributed by atoms with Gasteiger partial charge in [-0.2, -0.15) is 0 Å². The highest BCUT2D eigenvalue weighted by atomic mass is 16.5. The number of carbonyl (C=O) groups excluding carboxylic acids is 1. The Kier molecular flexibility index (Phi) is 4.84. The van der Waals surface area contributed by atoms with Gasteiger partial charge in [-0.05, 0) is 36.4 Å². The van der Waals surface area contributed by atoms with Crippen molar-refractivity contribution in [3.05, 3.63) is 48.4 Å². The van der Waals surface area contributed by atoms with Crippen molar-refractivity contribution < 1.29 is 18.8 Å². The highest BCUT2D eigenvalue weighted by Gasteiger charge is 2.45. The van der Waals surface area contributed by atoms with Crippen LogP contribution in [0.25, 0.3) is 0 Å². The van der Waals surface area contributed by atoms with Gasteiger partial charge in [-0.3, -0.25) is 0 Å². The lowest BCUT2D eigenvalue weighted by Gasteiger charge is -2.35. The van der Waals surface area contributed by atoms with Crippen LogP contribution < -0.4 is 20.3 Å². The van der Waals surface area contributed by atoms with Crippen LogP contribution in [0.4, 0.5) is 10.5 Å². The molecule has 2 fully saturated rings. The lowest BCUT2D eigenvalue weighted by Crippen LogP contribution is -3.17. The number of amides is 2. The molecular formula is C20H26N3O3+. The van der Waals surface area contributed by atoms with E-state index in [9.17, 15) is 4.79 Å². The fourth-order valence-corrected chi connectivity index (χ4v) is 4.48. The summed E-state index contributed by atoms with van der Waals surface area (Å²) in [6, 6.07) is 12.7. The molecule has 1 aromatic heterocycles. The first kappa shape index (κ1) is 17.0. The van der Waals surface area contributed by atoms with Crippen LogP contribution in [-0.4, -0.2) is 31.3 Å². The van der Waals surface area contributed by atoms with Crippen LogP contribution in [0, 0.1) is 0 Å². The van der Waals surface area contributed by atoms with Crippen molar-refractivity contribution in [1.82, 2.24) is 5.32 Å². The van der Waals surface area contributed by atoms with Gasteiger partial charge in [0.05, 0.1) is 25.5 Å². The second kappa shape index (κ2) is 7.41. The molecule has 2 aliphatic heterocycles. The number of ether oxygens (including phenoxy) is 1. The largest absolute Gasteiger partial charge is 0.497 e. The molecule has 2 unspecified atom stereocenters. The molecule has 138 valence electrons. The summed E-state index contributed by atoms with van der Waals surface area (Å²) in [4.78, 5) is 14.0. The van der Waals surface area contributed by atoms with Gasteiger partial charge in [-0.1, -0.05) is 0 Å².